The van der Waals surface area contributed by atoms with E-state index in [2.05, 4.69) is 4.90 Å². The van der Waals surface area contributed by atoms with Gasteiger partial charge in [0, 0.05) is 37.4 Å². The molecule has 1 aromatic rings. The fraction of sp³-hybridized carbons (Fsp3) is 0.467. The summed E-state index contributed by atoms with van der Waals surface area (Å²) >= 11 is 0. The largest absolute Gasteiger partial charge is 0.450 e. The number of carbonyl (C=O) groups excluding carboxylic acids is 2. The Labute approximate surface area is 124 Å². The van der Waals surface area contributed by atoms with Gasteiger partial charge in [0.15, 0.2) is 5.78 Å². The normalized spacial score (nSPS) is 15.0. The Bertz CT molecular complexity index is 493. The Balaban J connectivity index is 1.93. The van der Waals surface area contributed by atoms with Crippen LogP contribution < -0.4 is 10.6 Å². The molecule has 1 fully saturated rings. The molecule has 114 valence electrons. The van der Waals surface area contributed by atoms with Gasteiger partial charge in [0.2, 0.25) is 0 Å². The van der Waals surface area contributed by atoms with Gasteiger partial charge >= 0.3 is 6.09 Å². The number of hydrogen-bond acceptors (Lipinski definition) is 5. The Morgan fingerprint density at radius 2 is 1.76 bits per heavy atom. The number of ketones is 1. The number of ether oxygens (including phenoxy) is 1. The van der Waals surface area contributed by atoms with Crippen molar-refractivity contribution in [1.29, 1.82) is 0 Å². The van der Waals surface area contributed by atoms with Crippen molar-refractivity contribution in [2.45, 2.75) is 6.92 Å². The summed E-state index contributed by atoms with van der Waals surface area (Å²) in [4.78, 5) is 27.0. The van der Waals surface area contributed by atoms with Gasteiger partial charge in [-0.15, -0.1) is 0 Å². The number of carbonyl (C=O) groups is 2. The van der Waals surface area contributed by atoms with Crippen molar-refractivity contribution < 1.29 is 14.3 Å². The first-order chi connectivity index (χ1) is 10.2. The highest BCUT2D eigenvalue weighted by Crippen LogP contribution is 2.17. The predicted octanol–water partition coefficient (Wildman–Crippen LogP) is 1.11. The molecule has 0 unspecified atom stereocenters. The van der Waals surface area contributed by atoms with Gasteiger partial charge in [0.1, 0.15) is 0 Å². The van der Waals surface area contributed by atoms with Gasteiger partial charge < -0.3 is 20.3 Å². The van der Waals surface area contributed by atoms with Gasteiger partial charge in [-0.25, -0.2) is 4.79 Å². The molecule has 0 spiro atoms. The molecule has 1 saturated heterocycles. The molecular weight excluding hydrogens is 270 g/mol. The maximum atomic E-state index is 11.6. The average Bonchev–Trinajstić information content (AvgIpc) is 2.54. The molecular formula is C15H21N3O3. The lowest BCUT2D eigenvalue weighted by molar-refractivity contribution is 0.0999. The molecule has 2 N–H and O–H groups in total. The van der Waals surface area contributed by atoms with E-state index in [1.807, 2.05) is 12.1 Å². The molecule has 1 amide bonds. The van der Waals surface area contributed by atoms with Gasteiger partial charge in [0.25, 0.3) is 0 Å². The third kappa shape index (κ3) is 3.72. The quantitative estimate of drug-likeness (QED) is 0.841. The molecule has 6 heteroatoms. The van der Waals surface area contributed by atoms with Crippen molar-refractivity contribution in [3.05, 3.63) is 29.8 Å². The number of hydrogen-bond donors (Lipinski definition) is 1. The van der Waals surface area contributed by atoms with Gasteiger partial charge in [-0.3, -0.25) is 4.79 Å². The molecule has 0 aromatic heterocycles. The average molecular weight is 291 g/mol. The van der Waals surface area contributed by atoms with Gasteiger partial charge in [-0.2, -0.15) is 0 Å². The van der Waals surface area contributed by atoms with Crippen LogP contribution in [-0.4, -0.2) is 56.1 Å². The zero-order valence-electron chi connectivity index (χ0n) is 12.2. The van der Waals surface area contributed by atoms with E-state index in [0.717, 1.165) is 18.8 Å². The highest BCUT2D eigenvalue weighted by Gasteiger charge is 2.22. The first-order valence-electron chi connectivity index (χ1n) is 7.15. The fourth-order valence-corrected chi connectivity index (χ4v) is 2.34. The summed E-state index contributed by atoms with van der Waals surface area (Å²) in [7, 11) is 0. The molecule has 1 aromatic carbocycles. The van der Waals surface area contributed by atoms with E-state index in [-0.39, 0.29) is 18.4 Å². The van der Waals surface area contributed by atoms with E-state index in [4.69, 9.17) is 10.5 Å². The van der Waals surface area contributed by atoms with Crippen LogP contribution >= 0.6 is 0 Å². The summed E-state index contributed by atoms with van der Waals surface area (Å²) in [5.41, 5.74) is 7.02. The first kappa shape index (κ1) is 15.3. The molecule has 1 heterocycles. The number of rotatable bonds is 4. The van der Waals surface area contributed by atoms with Gasteiger partial charge in [-0.05, 0) is 31.2 Å². The minimum absolute atomic E-state index is 0.0254. The molecule has 1 aliphatic heterocycles. The van der Waals surface area contributed by atoms with Crippen LogP contribution in [0.25, 0.3) is 0 Å². The minimum atomic E-state index is -0.249. The molecule has 0 aliphatic carbocycles. The Hall–Kier alpha value is -2.08. The third-order valence-electron chi connectivity index (χ3n) is 3.55. The monoisotopic (exact) mass is 291 g/mol. The van der Waals surface area contributed by atoms with Crippen LogP contribution in [0.4, 0.5) is 10.5 Å². The minimum Gasteiger partial charge on any atom is -0.450 e. The Morgan fingerprint density at radius 1 is 1.14 bits per heavy atom. The highest BCUT2D eigenvalue weighted by molar-refractivity contribution is 5.97. The molecule has 2 rings (SSSR count). The van der Waals surface area contributed by atoms with Gasteiger partial charge in [0.05, 0.1) is 13.2 Å². The van der Waals surface area contributed by atoms with Crippen LogP contribution in [0.3, 0.4) is 0 Å². The van der Waals surface area contributed by atoms with E-state index in [9.17, 15) is 9.59 Å². The van der Waals surface area contributed by atoms with E-state index >= 15 is 0 Å². The lowest BCUT2D eigenvalue weighted by atomic mass is 10.1. The summed E-state index contributed by atoms with van der Waals surface area (Å²) in [6.07, 6.45) is -0.249. The summed E-state index contributed by atoms with van der Waals surface area (Å²) in [5, 5.41) is 0. The zero-order chi connectivity index (χ0) is 15.2. The number of nitrogens with two attached hydrogens (primary N) is 1. The molecule has 0 radical (unpaired) electrons. The Morgan fingerprint density at radius 3 is 2.29 bits per heavy atom. The van der Waals surface area contributed by atoms with Crippen LogP contribution in [0.2, 0.25) is 0 Å². The van der Waals surface area contributed by atoms with Crippen molar-refractivity contribution in [2.24, 2.45) is 5.73 Å². The van der Waals surface area contributed by atoms with Crippen molar-refractivity contribution >= 4 is 17.6 Å². The standard InChI is InChI=1S/C15H21N3O3/c1-2-21-15(20)18-9-7-17(8-10-18)13-5-3-12(4-6-13)14(19)11-16/h3-6H,2,7-11,16H2,1H3. The van der Waals surface area contributed by atoms with Crippen molar-refractivity contribution in [2.75, 3.05) is 44.2 Å². The SMILES string of the molecule is CCOC(=O)N1CCN(c2ccc(C(=O)CN)cc2)CC1. The summed E-state index contributed by atoms with van der Waals surface area (Å²) < 4.78 is 5.00. The van der Waals surface area contributed by atoms with E-state index in [1.165, 1.54) is 0 Å². The van der Waals surface area contributed by atoms with Crippen molar-refractivity contribution in [3.8, 4) is 0 Å². The second-order valence-corrected chi connectivity index (χ2v) is 4.85. The number of amides is 1. The van der Waals surface area contributed by atoms with Crippen LogP contribution in [0.15, 0.2) is 24.3 Å². The zero-order valence-corrected chi connectivity index (χ0v) is 12.2. The molecule has 21 heavy (non-hydrogen) atoms. The van der Waals surface area contributed by atoms with Crippen molar-refractivity contribution in [1.82, 2.24) is 4.90 Å². The van der Waals surface area contributed by atoms with Crippen LogP contribution in [0.5, 0.6) is 0 Å². The number of Topliss-reactive ketones (excluding diaryl/α,β-unsaturated/α-hetero) is 1. The molecule has 0 bridgehead atoms. The topological polar surface area (TPSA) is 75.9 Å². The second-order valence-electron chi connectivity index (χ2n) is 4.85. The van der Waals surface area contributed by atoms with Gasteiger partial charge in [-0.1, -0.05) is 0 Å². The van der Waals surface area contributed by atoms with Crippen molar-refractivity contribution in [3.63, 3.8) is 0 Å². The lowest BCUT2D eigenvalue weighted by Gasteiger charge is -2.35. The number of benzene rings is 1. The number of nitrogens with zero attached hydrogens (tertiary/aromatic N) is 2. The van der Waals surface area contributed by atoms with E-state index in [0.29, 0.717) is 25.3 Å². The summed E-state index contributed by atoms with van der Waals surface area (Å²) in [6, 6.07) is 7.43. The third-order valence-corrected chi connectivity index (χ3v) is 3.55. The Kier molecular flexibility index (Phi) is 5.16. The maximum absolute atomic E-state index is 11.6. The van der Waals surface area contributed by atoms with E-state index < -0.39 is 0 Å². The van der Waals surface area contributed by atoms with Crippen LogP contribution in [0, 0.1) is 0 Å². The maximum Gasteiger partial charge on any atom is 0.409 e. The van der Waals surface area contributed by atoms with E-state index in [1.54, 1.807) is 24.0 Å². The number of piperazine rings is 1. The summed E-state index contributed by atoms with van der Waals surface area (Å²) in [5.74, 6) is -0.0614. The molecule has 0 atom stereocenters. The lowest BCUT2D eigenvalue weighted by Crippen LogP contribution is -2.49. The highest BCUT2D eigenvalue weighted by atomic mass is 16.6. The number of anilines is 1. The smallest absolute Gasteiger partial charge is 0.409 e. The van der Waals surface area contributed by atoms with Crippen LogP contribution in [0.1, 0.15) is 17.3 Å². The first-order valence-corrected chi connectivity index (χ1v) is 7.15. The predicted molar refractivity (Wildman–Crippen MR) is 80.6 cm³/mol. The fourth-order valence-electron chi connectivity index (χ4n) is 2.34. The molecule has 1 aliphatic rings. The molecule has 6 nitrogen and oxygen atoms in total. The molecule has 0 saturated carbocycles. The van der Waals surface area contributed by atoms with Crippen LogP contribution in [-0.2, 0) is 4.74 Å². The second kappa shape index (κ2) is 7.08. The summed E-state index contributed by atoms with van der Waals surface area (Å²) in [6.45, 7) is 5.02.